The van der Waals surface area contributed by atoms with E-state index in [2.05, 4.69) is 65.0 Å². The molecule has 0 amide bonds. The van der Waals surface area contributed by atoms with E-state index >= 15 is 0 Å². The number of benzene rings is 2. The van der Waals surface area contributed by atoms with E-state index < -0.39 is 0 Å². The number of rotatable bonds is 5. The van der Waals surface area contributed by atoms with E-state index in [1.807, 2.05) is 0 Å². The molecular formula is C20H26IN3O. The van der Waals surface area contributed by atoms with Gasteiger partial charge in [-0.1, -0.05) is 42.0 Å². The largest absolute Gasteiger partial charge is 0.493 e. The molecule has 2 aromatic rings. The molecule has 0 fully saturated rings. The van der Waals surface area contributed by atoms with Crippen LogP contribution in [-0.4, -0.2) is 26.2 Å². The lowest BCUT2D eigenvalue weighted by Gasteiger charge is -2.12. The van der Waals surface area contributed by atoms with Gasteiger partial charge in [-0.15, -0.1) is 24.0 Å². The van der Waals surface area contributed by atoms with Crippen LogP contribution < -0.4 is 15.4 Å². The highest BCUT2D eigenvalue weighted by molar-refractivity contribution is 14.0. The lowest BCUT2D eigenvalue weighted by atomic mass is 10.1. The van der Waals surface area contributed by atoms with Gasteiger partial charge in [0.1, 0.15) is 5.75 Å². The lowest BCUT2D eigenvalue weighted by Crippen LogP contribution is -2.37. The number of hydrogen-bond acceptors (Lipinski definition) is 2. The van der Waals surface area contributed by atoms with Crippen molar-refractivity contribution in [3.63, 3.8) is 0 Å². The minimum absolute atomic E-state index is 0. The molecule has 134 valence electrons. The molecule has 3 rings (SSSR count). The highest BCUT2D eigenvalue weighted by atomic mass is 127. The van der Waals surface area contributed by atoms with Gasteiger partial charge >= 0.3 is 0 Å². The molecule has 0 aliphatic carbocycles. The summed E-state index contributed by atoms with van der Waals surface area (Å²) in [6.45, 7) is 4.54. The number of aryl methyl sites for hydroxylation is 1. The second kappa shape index (κ2) is 9.65. The number of nitrogens with zero attached hydrogens (tertiary/aromatic N) is 1. The summed E-state index contributed by atoms with van der Waals surface area (Å²) < 4.78 is 5.55. The van der Waals surface area contributed by atoms with Gasteiger partial charge in [-0.3, -0.25) is 4.99 Å². The summed E-state index contributed by atoms with van der Waals surface area (Å²) in [5, 5.41) is 6.73. The first-order valence-electron chi connectivity index (χ1n) is 8.49. The van der Waals surface area contributed by atoms with E-state index in [1.165, 1.54) is 22.3 Å². The van der Waals surface area contributed by atoms with E-state index in [-0.39, 0.29) is 24.0 Å². The first-order chi connectivity index (χ1) is 11.7. The van der Waals surface area contributed by atoms with E-state index in [1.54, 1.807) is 7.05 Å². The Morgan fingerprint density at radius 2 is 1.84 bits per heavy atom. The molecule has 0 saturated heterocycles. The van der Waals surface area contributed by atoms with E-state index in [0.717, 1.165) is 44.2 Å². The Bertz CT molecular complexity index is 713. The number of guanidine groups is 1. The molecule has 5 heteroatoms. The van der Waals surface area contributed by atoms with Gasteiger partial charge in [-0.05, 0) is 36.1 Å². The van der Waals surface area contributed by atoms with Crippen LogP contribution in [-0.2, 0) is 19.4 Å². The summed E-state index contributed by atoms with van der Waals surface area (Å²) >= 11 is 0. The highest BCUT2D eigenvalue weighted by Crippen LogP contribution is 2.25. The van der Waals surface area contributed by atoms with Gasteiger partial charge in [0.05, 0.1) is 6.61 Å². The number of ether oxygens (including phenoxy) is 1. The second-order valence-corrected chi connectivity index (χ2v) is 6.13. The molecule has 0 saturated carbocycles. The summed E-state index contributed by atoms with van der Waals surface area (Å²) in [5.74, 6) is 1.88. The van der Waals surface area contributed by atoms with Crippen LogP contribution in [0.2, 0.25) is 0 Å². The summed E-state index contributed by atoms with van der Waals surface area (Å²) in [5.41, 5.74) is 5.19. The molecule has 1 heterocycles. The van der Waals surface area contributed by atoms with E-state index in [0.29, 0.717) is 0 Å². The molecule has 25 heavy (non-hydrogen) atoms. The third-order valence-electron chi connectivity index (χ3n) is 4.26. The average Bonchev–Trinajstić information content (AvgIpc) is 3.07. The summed E-state index contributed by atoms with van der Waals surface area (Å²) in [4.78, 5) is 4.28. The predicted molar refractivity (Wildman–Crippen MR) is 114 cm³/mol. The monoisotopic (exact) mass is 451 g/mol. The van der Waals surface area contributed by atoms with Crippen molar-refractivity contribution in [1.29, 1.82) is 0 Å². The van der Waals surface area contributed by atoms with Crippen molar-refractivity contribution in [2.24, 2.45) is 4.99 Å². The predicted octanol–water partition coefficient (Wildman–Crippen LogP) is 3.46. The third-order valence-corrected chi connectivity index (χ3v) is 4.26. The van der Waals surface area contributed by atoms with Gasteiger partial charge in [0.25, 0.3) is 0 Å². The Morgan fingerprint density at radius 1 is 1.08 bits per heavy atom. The molecule has 0 unspecified atom stereocenters. The van der Waals surface area contributed by atoms with Crippen LogP contribution >= 0.6 is 24.0 Å². The number of fused-ring (bicyclic) bond motifs is 1. The smallest absolute Gasteiger partial charge is 0.191 e. The van der Waals surface area contributed by atoms with Crippen molar-refractivity contribution >= 4 is 29.9 Å². The van der Waals surface area contributed by atoms with Gasteiger partial charge in [0, 0.05) is 26.6 Å². The maximum absolute atomic E-state index is 5.55. The molecule has 0 bridgehead atoms. The molecule has 0 aromatic heterocycles. The minimum atomic E-state index is 0. The van der Waals surface area contributed by atoms with Crippen LogP contribution in [0.5, 0.6) is 5.75 Å². The highest BCUT2D eigenvalue weighted by Gasteiger charge is 2.11. The maximum Gasteiger partial charge on any atom is 0.191 e. The Morgan fingerprint density at radius 3 is 2.60 bits per heavy atom. The molecule has 0 spiro atoms. The Hall–Kier alpha value is -1.76. The van der Waals surface area contributed by atoms with Crippen LogP contribution in [0.15, 0.2) is 47.5 Å². The van der Waals surface area contributed by atoms with Crippen molar-refractivity contribution < 1.29 is 4.74 Å². The fourth-order valence-corrected chi connectivity index (χ4v) is 2.83. The fourth-order valence-electron chi connectivity index (χ4n) is 2.83. The molecule has 1 aliphatic heterocycles. The average molecular weight is 451 g/mol. The molecule has 2 aromatic carbocycles. The minimum Gasteiger partial charge on any atom is -0.493 e. The van der Waals surface area contributed by atoms with Gasteiger partial charge in [0.15, 0.2) is 5.96 Å². The van der Waals surface area contributed by atoms with Crippen molar-refractivity contribution in [2.75, 3.05) is 20.2 Å². The van der Waals surface area contributed by atoms with Gasteiger partial charge < -0.3 is 15.4 Å². The number of halogens is 1. The quantitative estimate of drug-likeness (QED) is 0.416. The molecule has 1 aliphatic rings. The molecule has 0 radical (unpaired) electrons. The molecule has 2 N–H and O–H groups in total. The lowest BCUT2D eigenvalue weighted by molar-refractivity contribution is 0.357. The van der Waals surface area contributed by atoms with E-state index in [4.69, 9.17) is 4.74 Å². The van der Waals surface area contributed by atoms with Crippen LogP contribution in [0.3, 0.4) is 0 Å². The van der Waals surface area contributed by atoms with Crippen molar-refractivity contribution in [3.05, 3.63) is 64.7 Å². The molecule has 0 atom stereocenters. The number of hydrogen-bond donors (Lipinski definition) is 2. The number of aliphatic imine (C=N–C) groups is 1. The van der Waals surface area contributed by atoms with Gasteiger partial charge in [0.2, 0.25) is 0 Å². The van der Waals surface area contributed by atoms with Crippen LogP contribution in [0.25, 0.3) is 0 Å². The van der Waals surface area contributed by atoms with Crippen LogP contribution in [0.1, 0.15) is 22.3 Å². The Balaban J connectivity index is 0.00000225. The first kappa shape index (κ1) is 19.6. The van der Waals surface area contributed by atoms with Crippen molar-refractivity contribution in [1.82, 2.24) is 10.6 Å². The van der Waals surface area contributed by atoms with Crippen LogP contribution in [0.4, 0.5) is 0 Å². The standard InChI is InChI=1S/C20H25N3O.HI/c1-15-3-5-17(6-4-15)14-23-20(21-2)22-11-9-16-7-8-19-18(13-16)10-12-24-19;/h3-8,13H,9-12,14H2,1-2H3,(H2,21,22,23);1H. The first-order valence-corrected chi connectivity index (χ1v) is 8.49. The summed E-state index contributed by atoms with van der Waals surface area (Å²) in [6, 6.07) is 15.0. The molecular weight excluding hydrogens is 425 g/mol. The zero-order chi connectivity index (χ0) is 16.8. The molecule has 4 nitrogen and oxygen atoms in total. The van der Waals surface area contributed by atoms with Gasteiger partial charge in [-0.2, -0.15) is 0 Å². The zero-order valence-electron chi connectivity index (χ0n) is 14.8. The van der Waals surface area contributed by atoms with Crippen molar-refractivity contribution in [3.8, 4) is 5.75 Å². The Kier molecular flexibility index (Phi) is 7.55. The third kappa shape index (κ3) is 5.63. The van der Waals surface area contributed by atoms with Gasteiger partial charge in [-0.25, -0.2) is 0 Å². The van der Waals surface area contributed by atoms with E-state index in [9.17, 15) is 0 Å². The van der Waals surface area contributed by atoms with Crippen LogP contribution in [0, 0.1) is 6.92 Å². The SMILES string of the molecule is CN=C(NCCc1ccc2c(c1)CCO2)NCc1ccc(C)cc1.I. The zero-order valence-corrected chi connectivity index (χ0v) is 17.2. The maximum atomic E-state index is 5.55. The van der Waals surface area contributed by atoms with Crippen molar-refractivity contribution in [2.45, 2.75) is 26.3 Å². The summed E-state index contributed by atoms with van der Waals surface area (Å²) in [6.07, 6.45) is 1.99. The second-order valence-electron chi connectivity index (χ2n) is 6.13. The normalized spacial score (nSPS) is 12.8. The Labute approximate surface area is 167 Å². The number of nitrogens with one attached hydrogen (secondary N) is 2. The fraction of sp³-hybridized carbons (Fsp3) is 0.350. The summed E-state index contributed by atoms with van der Waals surface area (Å²) in [7, 11) is 1.80. The topological polar surface area (TPSA) is 45.7 Å².